The van der Waals surface area contributed by atoms with Crippen LogP contribution in [-0.2, 0) is 0 Å². The quantitative estimate of drug-likeness (QED) is 0.401. The molecule has 0 aliphatic heterocycles. The van der Waals surface area contributed by atoms with Crippen LogP contribution in [0.4, 0.5) is 0 Å². The summed E-state index contributed by atoms with van der Waals surface area (Å²) >= 11 is 0. The van der Waals surface area contributed by atoms with E-state index in [1.807, 2.05) is 99.6 Å². The van der Waals surface area contributed by atoms with Crippen molar-refractivity contribution in [3.05, 3.63) is 95.6 Å². The van der Waals surface area contributed by atoms with Gasteiger partial charge in [0.15, 0.2) is 0 Å². The van der Waals surface area contributed by atoms with Crippen molar-refractivity contribution in [1.82, 2.24) is 0 Å². The molecule has 0 atom stereocenters. The van der Waals surface area contributed by atoms with Gasteiger partial charge in [-0.1, -0.05) is 72.8 Å². The minimum atomic E-state index is 0.194. The van der Waals surface area contributed by atoms with Crippen LogP contribution in [0.5, 0.6) is 11.5 Å². The molecule has 0 amide bonds. The smallest absolute Gasteiger partial charge is 0.131 e. The summed E-state index contributed by atoms with van der Waals surface area (Å²) in [5.74, 6) is 0.391. The number of aromatic hydroxyl groups is 2. The first-order valence-electron chi connectivity index (χ1n) is 9.76. The van der Waals surface area contributed by atoms with Crippen LogP contribution >= 0.6 is 0 Å². The van der Waals surface area contributed by atoms with Gasteiger partial charge in [0, 0.05) is 22.3 Å². The van der Waals surface area contributed by atoms with Gasteiger partial charge >= 0.3 is 0 Å². The van der Waals surface area contributed by atoms with Crippen molar-refractivity contribution >= 4 is 0 Å². The maximum atomic E-state index is 11.3. The molecule has 0 fully saturated rings. The fourth-order valence-electron chi connectivity index (χ4n) is 3.90. The summed E-state index contributed by atoms with van der Waals surface area (Å²) in [6.07, 6.45) is 0. The zero-order chi connectivity index (χ0) is 20.5. The van der Waals surface area contributed by atoms with Crippen molar-refractivity contribution in [2.24, 2.45) is 0 Å². The van der Waals surface area contributed by atoms with Crippen molar-refractivity contribution in [1.29, 1.82) is 0 Å². The van der Waals surface area contributed by atoms with E-state index < -0.39 is 0 Å². The van der Waals surface area contributed by atoms with E-state index in [0.717, 1.165) is 38.9 Å². The lowest BCUT2D eigenvalue weighted by Gasteiger charge is -2.20. The Hall–Kier alpha value is -3.52. The molecular formula is C27H24O2. The molecule has 0 heterocycles. The second-order valence-electron chi connectivity index (χ2n) is 7.48. The third-order valence-corrected chi connectivity index (χ3v) is 5.63. The Balaban J connectivity index is 2.02. The van der Waals surface area contributed by atoms with Crippen LogP contribution in [0.3, 0.4) is 0 Å². The molecule has 2 heteroatoms. The SMILES string of the molecule is Cc1cc(-c2ccccc2)c(O)c(-c2c(C)ccc(-c3ccccc3)c2O)c1C. The summed E-state index contributed by atoms with van der Waals surface area (Å²) in [5, 5.41) is 22.6. The van der Waals surface area contributed by atoms with E-state index in [2.05, 4.69) is 0 Å². The molecule has 0 spiro atoms. The highest BCUT2D eigenvalue weighted by Gasteiger charge is 2.22. The molecular weight excluding hydrogens is 356 g/mol. The molecule has 0 aromatic heterocycles. The lowest BCUT2D eigenvalue weighted by molar-refractivity contribution is 0.470. The van der Waals surface area contributed by atoms with Crippen LogP contribution in [0, 0.1) is 20.8 Å². The van der Waals surface area contributed by atoms with Gasteiger partial charge in [0.25, 0.3) is 0 Å². The predicted octanol–water partition coefficient (Wildman–Crippen LogP) is 7.02. The van der Waals surface area contributed by atoms with E-state index in [0.29, 0.717) is 11.1 Å². The zero-order valence-corrected chi connectivity index (χ0v) is 16.9. The lowest BCUT2D eigenvalue weighted by atomic mass is 9.86. The first-order valence-corrected chi connectivity index (χ1v) is 9.76. The van der Waals surface area contributed by atoms with Gasteiger partial charge in [-0.15, -0.1) is 0 Å². The molecule has 0 bridgehead atoms. The highest BCUT2D eigenvalue weighted by molar-refractivity contribution is 5.92. The molecule has 0 saturated heterocycles. The van der Waals surface area contributed by atoms with Crippen LogP contribution < -0.4 is 0 Å². The van der Waals surface area contributed by atoms with E-state index in [-0.39, 0.29) is 11.5 Å². The average molecular weight is 380 g/mol. The van der Waals surface area contributed by atoms with E-state index >= 15 is 0 Å². The van der Waals surface area contributed by atoms with Gasteiger partial charge in [0.05, 0.1) is 0 Å². The summed E-state index contributed by atoms with van der Waals surface area (Å²) in [6.45, 7) is 6.00. The molecule has 29 heavy (non-hydrogen) atoms. The van der Waals surface area contributed by atoms with Crippen LogP contribution in [0.1, 0.15) is 16.7 Å². The molecule has 144 valence electrons. The molecule has 4 aromatic carbocycles. The van der Waals surface area contributed by atoms with E-state index in [4.69, 9.17) is 0 Å². The van der Waals surface area contributed by atoms with E-state index in [1.54, 1.807) is 0 Å². The standard InChI is InChI=1S/C27H24O2/c1-17-14-15-22(20-10-6-4-7-11-20)26(28)24(17)25-19(3)18(2)16-23(27(25)29)21-12-8-5-9-13-21/h4-16,28-29H,1-3H3. The van der Waals surface area contributed by atoms with Crippen molar-refractivity contribution in [3.8, 4) is 44.9 Å². The van der Waals surface area contributed by atoms with Gasteiger partial charge in [-0.25, -0.2) is 0 Å². The second-order valence-corrected chi connectivity index (χ2v) is 7.48. The van der Waals surface area contributed by atoms with Gasteiger partial charge < -0.3 is 10.2 Å². The largest absolute Gasteiger partial charge is 0.507 e. The Labute approximate surface area is 171 Å². The molecule has 2 N–H and O–H groups in total. The second kappa shape index (κ2) is 7.48. The molecule has 0 radical (unpaired) electrons. The van der Waals surface area contributed by atoms with Crippen LogP contribution in [0.15, 0.2) is 78.9 Å². The Morgan fingerprint density at radius 2 is 1.03 bits per heavy atom. The summed E-state index contributed by atoms with van der Waals surface area (Å²) < 4.78 is 0. The maximum Gasteiger partial charge on any atom is 0.131 e. The first-order chi connectivity index (χ1) is 14.0. The van der Waals surface area contributed by atoms with Crippen LogP contribution in [0.2, 0.25) is 0 Å². The van der Waals surface area contributed by atoms with Crippen molar-refractivity contribution in [3.63, 3.8) is 0 Å². The fourth-order valence-corrected chi connectivity index (χ4v) is 3.90. The number of hydrogen-bond acceptors (Lipinski definition) is 2. The van der Waals surface area contributed by atoms with Crippen molar-refractivity contribution in [2.75, 3.05) is 0 Å². The number of phenolic OH excluding ortho intramolecular Hbond substituents is 2. The Kier molecular flexibility index (Phi) is 4.85. The molecule has 0 unspecified atom stereocenters. The minimum absolute atomic E-state index is 0.194. The minimum Gasteiger partial charge on any atom is -0.507 e. The summed E-state index contributed by atoms with van der Waals surface area (Å²) in [6, 6.07) is 25.6. The highest BCUT2D eigenvalue weighted by atomic mass is 16.3. The zero-order valence-electron chi connectivity index (χ0n) is 16.9. The van der Waals surface area contributed by atoms with Gasteiger partial charge in [0.1, 0.15) is 11.5 Å². The average Bonchev–Trinajstić information content (AvgIpc) is 2.74. The summed E-state index contributed by atoms with van der Waals surface area (Å²) in [4.78, 5) is 0. The number of aryl methyl sites for hydroxylation is 2. The Morgan fingerprint density at radius 3 is 1.62 bits per heavy atom. The topological polar surface area (TPSA) is 40.5 Å². The van der Waals surface area contributed by atoms with E-state index in [1.165, 1.54) is 0 Å². The van der Waals surface area contributed by atoms with E-state index in [9.17, 15) is 10.2 Å². The van der Waals surface area contributed by atoms with Crippen LogP contribution in [0.25, 0.3) is 33.4 Å². The fraction of sp³-hybridized carbons (Fsp3) is 0.111. The normalized spacial score (nSPS) is 10.9. The Morgan fingerprint density at radius 1 is 0.517 bits per heavy atom. The summed E-state index contributed by atoms with van der Waals surface area (Å²) in [5.41, 5.74) is 7.75. The molecule has 4 aromatic rings. The highest BCUT2D eigenvalue weighted by Crippen LogP contribution is 2.48. The third kappa shape index (κ3) is 3.27. The maximum absolute atomic E-state index is 11.3. The van der Waals surface area contributed by atoms with Crippen molar-refractivity contribution in [2.45, 2.75) is 20.8 Å². The van der Waals surface area contributed by atoms with Crippen LogP contribution in [-0.4, -0.2) is 10.2 Å². The van der Waals surface area contributed by atoms with Gasteiger partial charge in [0.2, 0.25) is 0 Å². The molecule has 0 aliphatic rings. The number of phenols is 2. The van der Waals surface area contributed by atoms with Gasteiger partial charge in [-0.2, -0.15) is 0 Å². The number of hydrogen-bond donors (Lipinski definition) is 2. The first kappa shape index (κ1) is 18.8. The molecule has 2 nitrogen and oxygen atoms in total. The Bertz CT molecular complexity index is 1180. The van der Waals surface area contributed by atoms with Crippen molar-refractivity contribution < 1.29 is 10.2 Å². The monoisotopic (exact) mass is 380 g/mol. The number of benzene rings is 4. The lowest BCUT2D eigenvalue weighted by Crippen LogP contribution is -1.95. The molecule has 4 rings (SSSR count). The molecule has 0 saturated carbocycles. The predicted molar refractivity (Wildman–Crippen MR) is 120 cm³/mol. The number of rotatable bonds is 3. The summed E-state index contributed by atoms with van der Waals surface area (Å²) in [7, 11) is 0. The van der Waals surface area contributed by atoms with Gasteiger partial charge in [-0.05, 0) is 54.7 Å². The molecule has 0 aliphatic carbocycles. The third-order valence-electron chi connectivity index (χ3n) is 5.63. The van der Waals surface area contributed by atoms with Gasteiger partial charge in [-0.3, -0.25) is 0 Å².